The molecule has 13 heavy (non-hydrogen) atoms. The third kappa shape index (κ3) is 3.53. The maximum absolute atomic E-state index is 8.96. The fourth-order valence-electron chi connectivity index (χ4n) is 1.09. The van der Waals surface area contributed by atoms with Crippen molar-refractivity contribution in [2.75, 3.05) is 13.7 Å². The zero-order chi connectivity index (χ0) is 8.97. The number of halogens is 2. The number of benzene rings is 1. The summed E-state index contributed by atoms with van der Waals surface area (Å²) in [4.78, 5) is 0. The molecule has 0 saturated heterocycles. The van der Waals surface area contributed by atoms with Crippen molar-refractivity contribution in [3.05, 3.63) is 34.9 Å². The molecule has 1 aromatic rings. The maximum atomic E-state index is 8.96. The largest absolute Gasteiger partial charge is 0.394 e. The van der Waals surface area contributed by atoms with Crippen LogP contribution in [0.25, 0.3) is 0 Å². The molecule has 1 unspecified atom stereocenters. The van der Waals surface area contributed by atoms with Crippen LogP contribution >= 0.6 is 24.0 Å². The molecule has 2 nitrogen and oxygen atoms in total. The zero-order valence-corrected chi connectivity index (χ0v) is 8.90. The van der Waals surface area contributed by atoms with Crippen LogP contribution in [0.2, 0.25) is 5.02 Å². The number of aliphatic hydroxyl groups excluding tert-OH is 1. The van der Waals surface area contributed by atoms with Gasteiger partial charge in [0.1, 0.15) is 0 Å². The van der Waals surface area contributed by atoms with Gasteiger partial charge in [-0.15, -0.1) is 12.4 Å². The van der Waals surface area contributed by atoms with Crippen LogP contribution in [0.4, 0.5) is 0 Å². The minimum absolute atomic E-state index is 0. The summed E-state index contributed by atoms with van der Waals surface area (Å²) in [5, 5.41) is 12.6. The van der Waals surface area contributed by atoms with Crippen molar-refractivity contribution in [2.24, 2.45) is 0 Å². The van der Waals surface area contributed by atoms with E-state index in [9.17, 15) is 0 Å². The Morgan fingerprint density at radius 3 is 2.69 bits per heavy atom. The molecule has 0 radical (unpaired) electrons. The second kappa shape index (κ2) is 6.22. The molecule has 0 aliphatic carbocycles. The second-order valence-electron chi connectivity index (χ2n) is 2.58. The molecule has 0 fully saturated rings. The van der Waals surface area contributed by atoms with Crippen LogP contribution < -0.4 is 5.32 Å². The number of likely N-dealkylation sites (N-methyl/N-ethyl adjacent to an activating group) is 1. The van der Waals surface area contributed by atoms with Crippen LogP contribution in [-0.2, 0) is 0 Å². The summed E-state index contributed by atoms with van der Waals surface area (Å²) >= 11 is 5.79. The number of hydrogen-bond acceptors (Lipinski definition) is 2. The second-order valence-corrected chi connectivity index (χ2v) is 3.02. The van der Waals surface area contributed by atoms with Crippen LogP contribution in [0.5, 0.6) is 0 Å². The lowest BCUT2D eigenvalue weighted by molar-refractivity contribution is 0.251. The van der Waals surface area contributed by atoms with Crippen molar-refractivity contribution >= 4 is 24.0 Å². The van der Waals surface area contributed by atoms with Crippen molar-refractivity contribution in [3.8, 4) is 0 Å². The van der Waals surface area contributed by atoms with Crippen molar-refractivity contribution in [1.29, 1.82) is 0 Å². The highest BCUT2D eigenvalue weighted by Gasteiger charge is 2.06. The molecular formula is C9H13Cl2NO. The highest BCUT2D eigenvalue weighted by Crippen LogP contribution is 2.16. The Morgan fingerprint density at radius 1 is 1.54 bits per heavy atom. The molecule has 0 spiro atoms. The van der Waals surface area contributed by atoms with Crippen LogP contribution in [0, 0.1) is 0 Å². The van der Waals surface area contributed by atoms with Crippen molar-refractivity contribution < 1.29 is 5.11 Å². The molecule has 0 heterocycles. The molecule has 1 atom stereocenters. The van der Waals surface area contributed by atoms with E-state index >= 15 is 0 Å². The monoisotopic (exact) mass is 221 g/mol. The van der Waals surface area contributed by atoms with Gasteiger partial charge in [0.2, 0.25) is 0 Å². The molecule has 0 saturated carbocycles. The Labute approximate surface area is 89.3 Å². The zero-order valence-electron chi connectivity index (χ0n) is 7.33. The third-order valence-electron chi connectivity index (χ3n) is 1.78. The van der Waals surface area contributed by atoms with Crippen molar-refractivity contribution in [2.45, 2.75) is 6.04 Å². The minimum atomic E-state index is -0.0244. The Hall–Kier alpha value is -0.280. The summed E-state index contributed by atoms with van der Waals surface area (Å²) in [6, 6.07) is 7.44. The predicted octanol–water partition coefficient (Wildman–Crippen LogP) is 2.01. The first-order chi connectivity index (χ1) is 5.77. The molecule has 2 N–H and O–H groups in total. The van der Waals surface area contributed by atoms with E-state index in [1.165, 1.54) is 0 Å². The van der Waals surface area contributed by atoms with Gasteiger partial charge >= 0.3 is 0 Å². The molecule has 1 rings (SSSR count). The first-order valence-electron chi connectivity index (χ1n) is 3.81. The number of rotatable bonds is 3. The summed E-state index contributed by atoms with van der Waals surface area (Å²) in [5.41, 5.74) is 1.01. The van der Waals surface area contributed by atoms with Crippen molar-refractivity contribution in [3.63, 3.8) is 0 Å². The summed E-state index contributed by atoms with van der Waals surface area (Å²) in [6.07, 6.45) is 0. The molecule has 4 heteroatoms. The summed E-state index contributed by atoms with van der Waals surface area (Å²) in [7, 11) is 1.81. The normalized spacial score (nSPS) is 11.9. The molecule has 74 valence electrons. The lowest BCUT2D eigenvalue weighted by Crippen LogP contribution is -2.19. The summed E-state index contributed by atoms with van der Waals surface area (Å²) < 4.78 is 0. The van der Waals surface area contributed by atoms with Gasteiger partial charge in [-0.05, 0) is 24.7 Å². The fraction of sp³-hybridized carbons (Fsp3) is 0.333. The van der Waals surface area contributed by atoms with Gasteiger partial charge in [-0.25, -0.2) is 0 Å². The number of nitrogens with one attached hydrogen (secondary N) is 1. The predicted molar refractivity (Wildman–Crippen MR) is 57.6 cm³/mol. The molecular weight excluding hydrogens is 209 g/mol. The number of aliphatic hydroxyl groups is 1. The van der Waals surface area contributed by atoms with E-state index in [1.54, 1.807) is 0 Å². The smallest absolute Gasteiger partial charge is 0.0626 e. The Morgan fingerprint density at radius 2 is 2.23 bits per heavy atom. The fourth-order valence-corrected chi connectivity index (χ4v) is 1.29. The third-order valence-corrected chi connectivity index (χ3v) is 2.02. The first-order valence-corrected chi connectivity index (χ1v) is 4.19. The Bertz CT molecular complexity index is 251. The highest BCUT2D eigenvalue weighted by atomic mass is 35.5. The van der Waals surface area contributed by atoms with Gasteiger partial charge in [-0.3, -0.25) is 0 Å². The molecule has 0 aliphatic rings. The van der Waals surface area contributed by atoms with Crippen molar-refractivity contribution in [1.82, 2.24) is 5.32 Å². The van der Waals surface area contributed by atoms with Gasteiger partial charge in [0.25, 0.3) is 0 Å². The van der Waals surface area contributed by atoms with E-state index in [1.807, 2.05) is 31.3 Å². The molecule has 1 aromatic carbocycles. The van der Waals surface area contributed by atoms with Gasteiger partial charge in [-0.1, -0.05) is 23.7 Å². The molecule has 0 aliphatic heterocycles. The molecule has 0 aromatic heterocycles. The van der Waals surface area contributed by atoms with Gasteiger partial charge in [0.05, 0.1) is 12.6 Å². The lowest BCUT2D eigenvalue weighted by Gasteiger charge is -2.13. The Balaban J connectivity index is 0.00000144. The van der Waals surface area contributed by atoms with Gasteiger partial charge < -0.3 is 10.4 Å². The van der Waals surface area contributed by atoms with Gasteiger partial charge in [0, 0.05) is 5.02 Å². The van der Waals surface area contributed by atoms with E-state index in [-0.39, 0.29) is 25.1 Å². The lowest BCUT2D eigenvalue weighted by atomic mass is 10.1. The quantitative estimate of drug-likeness (QED) is 0.819. The topological polar surface area (TPSA) is 32.3 Å². The number of hydrogen-bond donors (Lipinski definition) is 2. The highest BCUT2D eigenvalue weighted by molar-refractivity contribution is 6.30. The molecule has 0 bridgehead atoms. The van der Waals surface area contributed by atoms with Crippen LogP contribution in [0.1, 0.15) is 11.6 Å². The standard InChI is InChI=1S/C9H12ClNO.ClH/c1-11-9(6-12)7-3-2-4-8(10)5-7;/h2-5,9,11-12H,6H2,1H3;1H. The minimum Gasteiger partial charge on any atom is -0.394 e. The summed E-state index contributed by atoms with van der Waals surface area (Å²) in [5.74, 6) is 0. The van der Waals surface area contributed by atoms with Crippen LogP contribution in [0.15, 0.2) is 24.3 Å². The van der Waals surface area contributed by atoms with E-state index < -0.39 is 0 Å². The Kier molecular flexibility index (Phi) is 6.08. The average Bonchev–Trinajstić information content (AvgIpc) is 2.07. The van der Waals surface area contributed by atoms with E-state index in [4.69, 9.17) is 16.7 Å². The van der Waals surface area contributed by atoms with E-state index in [2.05, 4.69) is 5.32 Å². The SMILES string of the molecule is CNC(CO)c1cccc(Cl)c1.Cl. The molecule has 0 amide bonds. The van der Waals surface area contributed by atoms with E-state index in [0.717, 1.165) is 5.56 Å². The average molecular weight is 222 g/mol. The van der Waals surface area contributed by atoms with Crippen LogP contribution in [0.3, 0.4) is 0 Å². The van der Waals surface area contributed by atoms with E-state index in [0.29, 0.717) is 5.02 Å². The van der Waals surface area contributed by atoms with Gasteiger partial charge in [0.15, 0.2) is 0 Å². The van der Waals surface area contributed by atoms with Gasteiger partial charge in [-0.2, -0.15) is 0 Å². The summed E-state index contributed by atoms with van der Waals surface area (Å²) in [6.45, 7) is 0.0802. The first kappa shape index (κ1) is 12.7. The maximum Gasteiger partial charge on any atom is 0.0626 e. The van der Waals surface area contributed by atoms with Crippen LogP contribution in [-0.4, -0.2) is 18.8 Å².